The van der Waals surface area contributed by atoms with E-state index >= 15 is 0 Å². The predicted molar refractivity (Wildman–Crippen MR) is 48.1 cm³/mol. The van der Waals surface area contributed by atoms with Gasteiger partial charge in [0.2, 0.25) is 0 Å². The highest BCUT2D eigenvalue weighted by atomic mass is 32.1. The second-order valence-corrected chi connectivity index (χ2v) is 3.24. The van der Waals surface area contributed by atoms with Crippen LogP contribution in [0.15, 0.2) is 5.38 Å². The largest absolute Gasteiger partial charge is 0.383 e. The minimum absolute atomic E-state index is 0.358. The van der Waals surface area contributed by atoms with Crippen molar-refractivity contribution < 1.29 is 4.74 Å². The number of aromatic nitrogens is 2. The van der Waals surface area contributed by atoms with Crippen molar-refractivity contribution in [1.29, 1.82) is 0 Å². The third kappa shape index (κ3) is 3.25. The number of nitrogens with zero attached hydrogens (tertiary/aromatic N) is 2. The molecule has 0 spiro atoms. The van der Waals surface area contributed by atoms with Gasteiger partial charge in [0.1, 0.15) is 0 Å². The third-order valence-corrected chi connectivity index (χ3v) is 2.01. The van der Waals surface area contributed by atoms with Gasteiger partial charge in [0.25, 0.3) is 0 Å². The predicted octanol–water partition coefficient (Wildman–Crippen LogP) is 0.663. The first-order valence-electron chi connectivity index (χ1n) is 3.81. The first-order valence-corrected chi connectivity index (χ1v) is 4.65. The van der Waals surface area contributed by atoms with Crippen molar-refractivity contribution in [3.63, 3.8) is 0 Å². The van der Waals surface area contributed by atoms with Gasteiger partial charge in [0.15, 0.2) is 0 Å². The molecule has 0 saturated heterocycles. The van der Waals surface area contributed by atoms with E-state index in [1.807, 2.05) is 5.38 Å². The van der Waals surface area contributed by atoms with Crippen LogP contribution in [-0.4, -0.2) is 29.3 Å². The maximum atomic E-state index is 4.98. The van der Waals surface area contributed by atoms with Crippen molar-refractivity contribution in [3.05, 3.63) is 11.1 Å². The highest BCUT2D eigenvalue weighted by molar-refractivity contribution is 7.03. The quantitative estimate of drug-likeness (QED) is 0.735. The normalized spacial score (nSPS) is 13.2. The van der Waals surface area contributed by atoms with Crippen LogP contribution in [0.4, 0.5) is 0 Å². The van der Waals surface area contributed by atoms with Gasteiger partial charge in [-0.05, 0) is 18.5 Å². The summed E-state index contributed by atoms with van der Waals surface area (Å²) in [6, 6.07) is 0.358. The van der Waals surface area contributed by atoms with Gasteiger partial charge in [-0.1, -0.05) is 4.49 Å². The van der Waals surface area contributed by atoms with Gasteiger partial charge in [-0.15, -0.1) is 5.10 Å². The van der Waals surface area contributed by atoms with Crippen LogP contribution in [0.5, 0.6) is 0 Å². The molecular weight excluding hydrogens is 174 g/mol. The fourth-order valence-electron chi connectivity index (χ4n) is 0.849. The molecule has 0 aliphatic carbocycles. The summed E-state index contributed by atoms with van der Waals surface area (Å²) in [6.07, 6.45) is 0. The lowest BCUT2D eigenvalue weighted by atomic mass is 10.3. The van der Waals surface area contributed by atoms with E-state index in [2.05, 4.69) is 21.8 Å². The molecule has 0 aliphatic heterocycles. The van der Waals surface area contributed by atoms with E-state index < -0.39 is 0 Å². The van der Waals surface area contributed by atoms with Crippen LogP contribution in [0.3, 0.4) is 0 Å². The van der Waals surface area contributed by atoms with E-state index in [-0.39, 0.29) is 0 Å². The van der Waals surface area contributed by atoms with E-state index in [9.17, 15) is 0 Å². The van der Waals surface area contributed by atoms with Gasteiger partial charge in [-0.25, -0.2) is 0 Å². The zero-order chi connectivity index (χ0) is 8.81. The summed E-state index contributed by atoms with van der Waals surface area (Å²) in [5.41, 5.74) is 0.989. The van der Waals surface area contributed by atoms with Crippen LogP contribution >= 0.6 is 11.5 Å². The lowest BCUT2D eigenvalue weighted by Gasteiger charge is -2.10. The van der Waals surface area contributed by atoms with Crippen LogP contribution in [0.2, 0.25) is 0 Å². The second kappa shape index (κ2) is 5.18. The van der Waals surface area contributed by atoms with Crippen molar-refractivity contribution in [3.8, 4) is 0 Å². The summed E-state index contributed by atoms with van der Waals surface area (Å²) in [4.78, 5) is 0. The molecule has 4 nitrogen and oxygen atoms in total. The molecule has 1 unspecified atom stereocenters. The van der Waals surface area contributed by atoms with Crippen molar-refractivity contribution in [2.75, 3.05) is 13.7 Å². The Bertz CT molecular complexity index is 202. The number of hydrogen-bond donors (Lipinski definition) is 1. The third-order valence-electron chi connectivity index (χ3n) is 1.45. The second-order valence-electron chi connectivity index (χ2n) is 2.63. The highest BCUT2D eigenvalue weighted by Gasteiger charge is 2.01. The molecule has 1 aromatic rings. The molecule has 0 aromatic carbocycles. The van der Waals surface area contributed by atoms with Gasteiger partial charge in [0, 0.05) is 25.1 Å². The van der Waals surface area contributed by atoms with E-state index in [0.717, 1.165) is 18.8 Å². The minimum Gasteiger partial charge on any atom is -0.383 e. The SMILES string of the molecule is COCC(C)NCc1csnn1. The number of rotatable bonds is 5. The number of methoxy groups -OCH3 is 1. The molecule has 1 aromatic heterocycles. The van der Waals surface area contributed by atoms with Crippen molar-refractivity contribution in [2.24, 2.45) is 0 Å². The van der Waals surface area contributed by atoms with Gasteiger partial charge in [-0.3, -0.25) is 0 Å². The average Bonchev–Trinajstić information content (AvgIpc) is 2.53. The number of hydrogen-bond acceptors (Lipinski definition) is 5. The summed E-state index contributed by atoms with van der Waals surface area (Å²) in [5.74, 6) is 0. The van der Waals surface area contributed by atoms with E-state index in [1.165, 1.54) is 11.5 Å². The molecule has 5 heteroatoms. The molecule has 0 amide bonds. The molecule has 12 heavy (non-hydrogen) atoms. The molecule has 0 saturated carbocycles. The first-order chi connectivity index (χ1) is 5.83. The maximum absolute atomic E-state index is 4.98. The van der Waals surface area contributed by atoms with Crippen LogP contribution in [0.1, 0.15) is 12.6 Å². The summed E-state index contributed by atoms with van der Waals surface area (Å²) in [6.45, 7) is 3.56. The average molecular weight is 187 g/mol. The molecule has 1 atom stereocenters. The van der Waals surface area contributed by atoms with E-state index in [1.54, 1.807) is 7.11 Å². The van der Waals surface area contributed by atoms with Crippen molar-refractivity contribution >= 4 is 11.5 Å². The van der Waals surface area contributed by atoms with Gasteiger partial charge < -0.3 is 10.1 Å². The first kappa shape index (κ1) is 9.57. The van der Waals surface area contributed by atoms with E-state index in [4.69, 9.17) is 4.74 Å². The van der Waals surface area contributed by atoms with Crippen LogP contribution in [0.25, 0.3) is 0 Å². The Labute approximate surface area is 76.1 Å². The highest BCUT2D eigenvalue weighted by Crippen LogP contribution is 1.96. The van der Waals surface area contributed by atoms with Gasteiger partial charge >= 0.3 is 0 Å². The fraction of sp³-hybridized carbons (Fsp3) is 0.714. The van der Waals surface area contributed by atoms with E-state index in [0.29, 0.717) is 6.04 Å². The Morgan fingerprint density at radius 2 is 2.58 bits per heavy atom. The van der Waals surface area contributed by atoms with Gasteiger partial charge in [0.05, 0.1) is 12.3 Å². The zero-order valence-electron chi connectivity index (χ0n) is 7.28. The topological polar surface area (TPSA) is 47.0 Å². The zero-order valence-corrected chi connectivity index (χ0v) is 8.10. The Kier molecular flexibility index (Phi) is 4.13. The Hall–Kier alpha value is -0.520. The Balaban J connectivity index is 2.17. The summed E-state index contributed by atoms with van der Waals surface area (Å²) in [7, 11) is 1.70. The summed E-state index contributed by atoms with van der Waals surface area (Å²) >= 11 is 1.37. The molecule has 1 rings (SSSR count). The number of ether oxygens (including phenoxy) is 1. The van der Waals surface area contributed by atoms with Crippen molar-refractivity contribution in [2.45, 2.75) is 19.5 Å². The molecule has 1 heterocycles. The number of nitrogens with one attached hydrogen (secondary N) is 1. The summed E-state index contributed by atoms with van der Waals surface area (Å²) < 4.78 is 8.74. The smallest absolute Gasteiger partial charge is 0.0893 e. The summed E-state index contributed by atoms with van der Waals surface area (Å²) in [5, 5.41) is 9.12. The molecule has 0 aliphatic rings. The standard InChI is InChI=1S/C7H13N3OS/c1-6(4-11-2)8-3-7-5-12-10-9-7/h5-6,8H,3-4H2,1-2H3. The lowest BCUT2D eigenvalue weighted by molar-refractivity contribution is 0.171. The monoisotopic (exact) mass is 187 g/mol. The molecule has 1 N–H and O–H groups in total. The minimum atomic E-state index is 0.358. The fourth-order valence-corrected chi connectivity index (χ4v) is 1.30. The van der Waals surface area contributed by atoms with Crippen LogP contribution < -0.4 is 5.32 Å². The lowest BCUT2D eigenvalue weighted by Crippen LogP contribution is -2.29. The van der Waals surface area contributed by atoms with Crippen LogP contribution in [0, 0.1) is 0 Å². The van der Waals surface area contributed by atoms with Gasteiger partial charge in [-0.2, -0.15) is 0 Å². The molecule has 0 radical (unpaired) electrons. The Morgan fingerprint density at radius 3 is 3.17 bits per heavy atom. The van der Waals surface area contributed by atoms with Crippen molar-refractivity contribution in [1.82, 2.24) is 14.9 Å². The molecule has 0 bridgehead atoms. The Morgan fingerprint density at radius 1 is 1.75 bits per heavy atom. The molecule has 0 fully saturated rings. The maximum Gasteiger partial charge on any atom is 0.0893 e. The van der Waals surface area contributed by atoms with Crippen LogP contribution in [-0.2, 0) is 11.3 Å². The molecular formula is C7H13N3OS. The molecule has 68 valence electrons.